The lowest BCUT2D eigenvalue weighted by atomic mass is 9.84. The Morgan fingerprint density at radius 3 is 2.24 bits per heavy atom. The summed E-state index contributed by atoms with van der Waals surface area (Å²) in [6, 6.07) is 16.0. The van der Waals surface area contributed by atoms with Crippen molar-refractivity contribution < 1.29 is 24.2 Å². The first kappa shape index (κ1) is 23.8. The van der Waals surface area contributed by atoms with E-state index in [4.69, 9.17) is 9.84 Å². The van der Waals surface area contributed by atoms with Gasteiger partial charge < -0.3 is 20.1 Å². The number of fused-ring (bicyclic) bond motifs is 3. The van der Waals surface area contributed by atoms with Crippen molar-refractivity contribution in [3.8, 4) is 11.1 Å². The monoisotopic (exact) mass is 464 g/mol. The SMILES string of the molecule is CC(C)N(CC(=O)O)C(=O)[C@H]1CCC[C@@H](NC(=O)OCC2c3ccccc3-c3ccccc32)C1. The van der Waals surface area contributed by atoms with Crippen LogP contribution in [0.15, 0.2) is 48.5 Å². The number of carbonyl (C=O) groups is 3. The highest BCUT2D eigenvalue weighted by Gasteiger charge is 2.33. The number of hydrogen-bond donors (Lipinski definition) is 2. The Hall–Kier alpha value is -3.35. The molecular formula is C27H32N2O5. The van der Waals surface area contributed by atoms with Crippen LogP contribution in [0.4, 0.5) is 4.79 Å². The minimum Gasteiger partial charge on any atom is -0.480 e. The minimum atomic E-state index is -1.02. The average Bonchev–Trinajstić information content (AvgIpc) is 3.14. The van der Waals surface area contributed by atoms with Crippen molar-refractivity contribution in [3.63, 3.8) is 0 Å². The molecule has 2 aliphatic carbocycles. The van der Waals surface area contributed by atoms with Gasteiger partial charge in [-0.25, -0.2) is 4.79 Å². The molecule has 0 bridgehead atoms. The van der Waals surface area contributed by atoms with E-state index in [2.05, 4.69) is 29.6 Å². The predicted octanol–water partition coefficient (Wildman–Crippen LogP) is 4.41. The van der Waals surface area contributed by atoms with Gasteiger partial charge in [0.1, 0.15) is 13.2 Å². The molecular weight excluding hydrogens is 432 g/mol. The second-order valence-electron chi connectivity index (χ2n) is 9.48. The fourth-order valence-electron chi connectivity index (χ4n) is 5.25. The molecule has 2 aromatic carbocycles. The summed E-state index contributed by atoms with van der Waals surface area (Å²) >= 11 is 0. The molecule has 7 nitrogen and oxygen atoms in total. The van der Waals surface area contributed by atoms with E-state index in [0.29, 0.717) is 12.8 Å². The molecule has 34 heavy (non-hydrogen) atoms. The topological polar surface area (TPSA) is 95.9 Å². The van der Waals surface area contributed by atoms with Crippen LogP contribution in [-0.2, 0) is 14.3 Å². The Bertz CT molecular complexity index is 1020. The van der Waals surface area contributed by atoms with Crippen LogP contribution in [0.5, 0.6) is 0 Å². The van der Waals surface area contributed by atoms with E-state index in [-0.39, 0.29) is 43.0 Å². The number of nitrogens with one attached hydrogen (secondary N) is 1. The van der Waals surface area contributed by atoms with E-state index in [1.54, 1.807) is 0 Å². The first-order chi connectivity index (χ1) is 16.3. The van der Waals surface area contributed by atoms with Gasteiger partial charge in [-0.1, -0.05) is 55.0 Å². The van der Waals surface area contributed by atoms with Gasteiger partial charge in [-0.15, -0.1) is 0 Å². The van der Waals surface area contributed by atoms with Gasteiger partial charge in [0.05, 0.1) is 0 Å². The molecule has 180 valence electrons. The number of carboxylic acids is 1. The van der Waals surface area contributed by atoms with E-state index >= 15 is 0 Å². The Labute approximate surface area is 200 Å². The third kappa shape index (κ3) is 5.08. The molecule has 0 saturated heterocycles. The summed E-state index contributed by atoms with van der Waals surface area (Å²) in [5, 5.41) is 12.1. The van der Waals surface area contributed by atoms with E-state index in [1.165, 1.54) is 16.0 Å². The van der Waals surface area contributed by atoms with Crippen molar-refractivity contribution in [3.05, 3.63) is 59.7 Å². The van der Waals surface area contributed by atoms with Gasteiger partial charge in [0.2, 0.25) is 5.91 Å². The predicted molar refractivity (Wildman–Crippen MR) is 128 cm³/mol. The fourth-order valence-corrected chi connectivity index (χ4v) is 5.25. The van der Waals surface area contributed by atoms with Crippen LogP contribution in [0.3, 0.4) is 0 Å². The van der Waals surface area contributed by atoms with Crippen molar-refractivity contribution in [2.45, 2.75) is 57.5 Å². The van der Waals surface area contributed by atoms with Crippen molar-refractivity contribution in [2.24, 2.45) is 5.92 Å². The molecule has 1 saturated carbocycles. The van der Waals surface area contributed by atoms with Crippen LogP contribution >= 0.6 is 0 Å². The number of amides is 2. The molecule has 0 radical (unpaired) electrons. The van der Waals surface area contributed by atoms with Crippen LogP contribution in [0.25, 0.3) is 11.1 Å². The first-order valence-electron chi connectivity index (χ1n) is 12.0. The van der Waals surface area contributed by atoms with Crippen molar-refractivity contribution in [1.29, 1.82) is 0 Å². The van der Waals surface area contributed by atoms with Gasteiger partial charge in [0.25, 0.3) is 0 Å². The van der Waals surface area contributed by atoms with Gasteiger partial charge in [-0.2, -0.15) is 0 Å². The third-order valence-electron chi connectivity index (χ3n) is 6.90. The molecule has 2 amide bonds. The zero-order valence-electron chi connectivity index (χ0n) is 19.7. The Morgan fingerprint density at radius 2 is 1.65 bits per heavy atom. The van der Waals surface area contributed by atoms with Gasteiger partial charge in [-0.05, 0) is 55.4 Å². The molecule has 2 atom stereocenters. The molecule has 2 aliphatic rings. The number of carboxylic acid groups (broad SMARTS) is 1. The maximum atomic E-state index is 13.0. The normalized spacial score (nSPS) is 19.3. The highest BCUT2D eigenvalue weighted by Crippen LogP contribution is 2.44. The second-order valence-corrected chi connectivity index (χ2v) is 9.48. The number of hydrogen-bond acceptors (Lipinski definition) is 4. The lowest BCUT2D eigenvalue weighted by Gasteiger charge is -2.34. The van der Waals surface area contributed by atoms with Gasteiger partial charge >= 0.3 is 12.1 Å². The smallest absolute Gasteiger partial charge is 0.407 e. The summed E-state index contributed by atoms with van der Waals surface area (Å²) in [7, 11) is 0. The van der Waals surface area contributed by atoms with Gasteiger partial charge in [0.15, 0.2) is 0 Å². The average molecular weight is 465 g/mol. The molecule has 2 aromatic rings. The number of rotatable bonds is 7. The summed E-state index contributed by atoms with van der Waals surface area (Å²) in [6.45, 7) is 3.57. The molecule has 0 unspecified atom stereocenters. The Kier molecular flexibility index (Phi) is 7.20. The zero-order valence-corrected chi connectivity index (χ0v) is 19.7. The summed E-state index contributed by atoms with van der Waals surface area (Å²) in [5.41, 5.74) is 4.67. The number of ether oxygens (including phenoxy) is 1. The number of carbonyl (C=O) groups excluding carboxylic acids is 2. The van der Waals surface area contributed by atoms with Crippen LogP contribution in [0.2, 0.25) is 0 Å². The van der Waals surface area contributed by atoms with Crippen molar-refractivity contribution in [2.75, 3.05) is 13.2 Å². The second kappa shape index (κ2) is 10.3. The highest BCUT2D eigenvalue weighted by atomic mass is 16.5. The van der Waals surface area contributed by atoms with Crippen molar-refractivity contribution in [1.82, 2.24) is 10.2 Å². The fraction of sp³-hybridized carbons (Fsp3) is 0.444. The Balaban J connectivity index is 1.35. The standard InChI is InChI=1S/C27H32N2O5/c1-17(2)29(15-25(30)31)26(32)18-8-7-9-19(14-18)28-27(33)34-16-24-22-12-5-3-10-20(22)21-11-4-6-13-23(21)24/h3-6,10-13,17-19,24H,7-9,14-16H2,1-2H3,(H,28,33)(H,30,31)/t18-,19+/m0/s1. The van der Waals surface area contributed by atoms with Crippen LogP contribution in [0, 0.1) is 5.92 Å². The number of aliphatic carboxylic acids is 1. The largest absolute Gasteiger partial charge is 0.480 e. The molecule has 0 spiro atoms. The summed E-state index contributed by atoms with van der Waals surface area (Å²) in [4.78, 5) is 38.2. The van der Waals surface area contributed by atoms with E-state index in [1.807, 2.05) is 38.1 Å². The van der Waals surface area contributed by atoms with E-state index in [9.17, 15) is 14.4 Å². The molecule has 1 fully saturated rings. The molecule has 0 aromatic heterocycles. The van der Waals surface area contributed by atoms with Crippen LogP contribution < -0.4 is 5.32 Å². The third-order valence-corrected chi connectivity index (χ3v) is 6.90. The van der Waals surface area contributed by atoms with E-state index in [0.717, 1.165) is 24.0 Å². The van der Waals surface area contributed by atoms with E-state index < -0.39 is 12.1 Å². The molecule has 0 heterocycles. The Morgan fingerprint density at radius 1 is 1.03 bits per heavy atom. The number of nitrogens with zero attached hydrogens (tertiary/aromatic N) is 1. The van der Waals surface area contributed by atoms with Gasteiger partial charge in [-0.3, -0.25) is 9.59 Å². The van der Waals surface area contributed by atoms with Crippen LogP contribution in [-0.4, -0.2) is 53.2 Å². The van der Waals surface area contributed by atoms with Gasteiger partial charge in [0, 0.05) is 23.9 Å². The molecule has 7 heteroatoms. The summed E-state index contributed by atoms with van der Waals surface area (Å²) < 4.78 is 5.65. The summed E-state index contributed by atoms with van der Waals surface area (Å²) in [6.07, 6.45) is 2.28. The summed E-state index contributed by atoms with van der Waals surface area (Å²) in [5.74, 6) is -1.48. The van der Waals surface area contributed by atoms with Crippen LogP contribution in [0.1, 0.15) is 56.6 Å². The molecule has 4 rings (SSSR count). The molecule has 0 aliphatic heterocycles. The zero-order chi connectivity index (χ0) is 24.2. The lowest BCUT2D eigenvalue weighted by molar-refractivity contribution is -0.148. The highest BCUT2D eigenvalue weighted by molar-refractivity contribution is 5.83. The number of alkyl carbamates (subject to hydrolysis) is 1. The van der Waals surface area contributed by atoms with Crippen molar-refractivity contribution >= 4 is 18.0 Å². The maximum Gasteiger partial charge on any atom is 0.407 e. The first-order valence-corrected chi connectivity index (χ1v) is 12.0. The maximum absolute atomic E-state index is 13.0. The molecule has 2 N–H and O–H groups in total. The number of benzene rings is 2. The quantitative estimate of drug-likeness (QED) is 0.633. The lowest BCUT2D eigenvalue weighted by Crippen LogP contribution is -2.47. The minimum absolute atomic E-state index is 0.00514.